The molecule has 0 aliphatic carbocycles. The second kappa shape index (κ2) is 9.81. The fourth-order valence-electron chi connectivity index (χ4n) is 3.68. The highest BCUT2D eigenvalue weighted by molar-refractivity contribution is 5.86. The van der Waals surface area contributed by atoms with Crippen LogP contribution < -0.4 is 5.32 Å². The number of rotatable bonds is 6. The van der Waals surface area contributed by atoms with E-state index in [2.05, 4.69) is 34.5 Å². The fraction of sp³-hybridized carbons (Fsp3) is 0.625. The van der Waals surface area contributed by atoms with Crippen LogP contribution >= 0.6 is 0 Å². The first kappa shape index (κ1) is 24.9. The molecule has 1 fully saturated rings. The van der Waals surface area contributed by atoms with E-state index in [-0.39, 0.29) is 18.4 Å². The number of aldehydes is 1. The molecule has 7 heteroatoms. The number of nitrogens with one attached hydrogen (secondary N) is 1. The topological polar surface area (TPSA) is 78.9 Å². The molecule has 1 unspecified atom stereocenters. The maximum Gasteiger partial charge on any atom is 0.408 e. The number of carbonyl (C=O) groups is 3. The van der Waals surface area contributed by atoms with Crippen molar-refractivity contribution in [1.29, 1.82) is 0 Å². The zero-order chi connectivity index (χ0) is 23.4. The number of amides is 2. The first-order valence-electron chi connectivity index (χ1n) is 10.9. The first-order chi connectivity index (χ1) is 14.3. The summed E-state index contributed by atoms with van der Waals surface area (Å²) in [6.07, 6.45) is 0.308. The zero-order valence-electron chi connectivity index (χ0n) is 19.9. The maximum absolute atomic E-state index is 13.3. The molecule has 7 nitrogen and oxygen atoms in total. The van der Waals surface area contributed by atoms with Crippen LogP contribution in [0.5, 0.6) is 0 Å². The van der Waals surface area contributed by atoms with Gasteiger partial charge in [0.15, 0.2) is 0 Å². The Morgan fingerprint density at radius 2 is 1.81 bits per heavy atom. The van der Waals surface area contributed by atoms with E-state index in [1.54, 1.807) is 25.7 Å². The molecule has 0 radical (unpaired) electrons. The number of nitrogens with zero attached hydrogens (tertiary/aromatic N) is 2. The molecule has 172 valence electrons. The molecule has 1 aliphatic heterocycles. The molecule has 2 atom stereocenters. The zero-order valence-corrected chi connectivity index (χ0v) is 19.9. The molecule has 1 saturated heterocycles. The van der Waals surface area contributed by atoms with Crippen LogP contribution in [0.15, 0.2) is 24.3 Å². The molecular formula is C24H37N3O4. The van der Waals surface area contributed by atoms with Crippen LogP contribution in [0.4, 0.5) is 4.79 Å². The van der Waals surface area contributed by atoms with Crippen molar-refractivity contribution >= 4 is 18.3 Å². The third kappa shape index (κ3) is 6.79. The monoisotopic (exact) mass is 431 g/mol. The Morgan fingerprint density at radius 3 is 2.32 bits per heavy atom. The highest BCUT2D eigenvalue weighted by Gasteiger charge is 2.41. The largest absolute Gasteiger partial charge is 0.444 e. The second-order valence-electron chi connectivity index (χ2n) is 10.0. The maximum atomic E-state index is 13.3. The molecule has 1 N–H and O–H groups in total. The molecule has 1 aromatic carbocycles. The predicted octanol–water partition coefficient (Wildman–Crippen LogP) is 3.15. The van der Waals surface area contributed by atoms with Gasteiger partial charge in [0, 0.05) is 26.2 Å². The van der Waals surface area contributed by atoms with E-state index in [1.165, 1.54) is 5.56 Å². The van der Waals surface area contributed by atoms with E-state index in [1.807, 2.05) is 27.7 Å². The fourth-order valence-corrected chi connectivity index (χ4v) is 3.68. The van der Waals surface area contributed by atoms with Gasteiger partial charge in [0.25, 0.3) is 0 Å². The van der Waals surface area contributed by atoms with Crippen LogP contribution in [0.2, 0.25) is 0 Å². The molecule has 0 aromatic heterocycles. The lowest BCUT2D eigenvalue weighted by atomic mass is 9.95. The molecule has 1 aromatic rings. The molecule has 0 saturated carbocycles. The minimum Gasteiger partial charge on any atom is -0.444 e. The molecule has 0 bridgehead atoms. The van der Waals surface area contributed by atoms with Crippen molar-refractivity contribution in [2.75, 3.05) is 19.6 Å². The van der Waals surface area contributed by atoms with E-state index < -0.39 is 23.3 Å². The summed E-state index contributed by atoms with van der Waals surface area (Å²) in [5.74, 6) is -0.308. The molecule has 2 amide bonds. The molecule has 31 heavy (non-hydrogen) atoms. The average Bonchev–Trinajstić information content (AvgIpc) is 2.67. The van der Waals surface area contributed by atoms with E-state index in [0.717, 1.165) is 11.8 Å². The minimum atomic E-state index is -0.799. The number of hydrogen-bond acceptors (Lipinski definition) is 5. The standard InChI is InChI=1S/C24H37N3O4/c1-17(2)20(25-22(30)31-23(4,5)6)21(29)26-12-13-27(24(7,15-26)16-28)14-19-10-8-18(3)9-11-19/h8-11,16-17,20H,12-15H2,1-7H3,(H,25,30)/t20?,24-/m1/s1. The molecular weight excluding hydrogens is 394 g/mol. The Morgan fingerprint density at radius 1 is 1.19 bits per heavy atom. The van der Waals surface area contributed by atoms with Crippen LogP contribution in [0.3, 0.4) is 0 Å². The van der Waals surface area contributed by atoms with E-state index in [0.29, 0.717) is 19.6 Å². The summed E-state index contributed by atoms with van der Waals surface area (Å²) in [5, 5.41) is 2.72. The Kier molecular flexibility index (Phi) is 7.87. The average molecular weight is 432 g/mol. The number of hydrogen-bond donors (Lipinski definition) is 1. The lowest BCUT2D eigenvalue weighted by molar-refractivity contribution is -0.142. The minimum absolute atomic E-state index is 0.118. The van der Waals surface area contributed by atoms with Crippen LogP contribution in [0.25, 0.3) is 0 Å². The summed E-state index contributed by atoms with van der Waals surface area (Å²) in [6, 6.07) is 7.54. The van der Waals surface area contributed by atoms with Gasteiger partial charge in [-0.25, -0.2) is 4.79 Å². The van der Waals surface area contributed by atoms with E-state index in [9.17, 15) is 14.4 Å². The van der Waals surface area contributed by atoms with Gasteiger partial charge >= 0.3 is 6.09 Å². The van der Waals surface area contributed by atoms with Gasteiger partial charge in [0.05, 0.1) is 5.54 Å². The van der Waals surface area contributed by atoms with Crippen molar-refractivity contribution < 1.29 is 19.1 Å². The molecule has 0 spiro atoms. The third-order valence-electron chi connectivity index (χ3n) is 5.54. The molecule has 1 aliphatic rings. The van der Waals surface area contributed by atoms with Crippen LogP contribution in [0, 0.1) is 12.8 Å². The van der Waals surface area contributed by atoms with Crippen molar-refractivity contribution in [3.63, 3.8) is 0 Å². The van der Waals surface area contributed by atoms with E-state index in [4.69, 9.17) is 4.74 Å². The summed E-state index contributed by atoms with van der Waals surface area (Å²) in [6.45, 7) is 15.0. The Hall–Kier alpha value is -2.41. The van der Waals surface area contributed by atoms with Crippen molar-refractivity contribution in [1.82, 2.24) is 15.1 Å². The van der Waals surface area contributed by atoms with Gasteiger partial charge < -0.3 is 19.7 Å². The summed E-state index contributed by atoms with van der Waals surface area (Å²) < 4.78 is 5.32. The van der Waals surface area contributed by atoms with E-state index >= 15 is 0 Å². The number of ether oxygens (including phenoxy) is 1. The van der Waals surface area contributed by atoms with Crippen molar-refractivity contribution in [3.8, 4) is 0 Å². The Balaban J connectivity index is 2.10. The number of alkyl carbamates (subject to hydrolysis) is 1. The quantitative estimate of drug-likeness (QED) is 0.700. The lowest BCUT2D eigenvalue weighted by Crippen LogP contribution is -2.65. The summed E-state index contributed by atoms with van der Waals surface area (Å²) in [7, 11) is 0. The van der Waals surface area contributed by atoms with Gasteiger partial charge in [0.2, 0.25) is 5.91 Å². The summed E-state index contributed by atoms with van der Waals surface area (Å²) in [4.78, 5) is 41.4. The number of aryl methyl sites for hydroxylation is 1. The van der Waals surface area contributed by atoms with Crippen molar-refractivity contribution in [3.05, 3.63) is 35.4 Å². The molecule has 1 heterocycles. The van der Waals surface area contributed by atoms with Gasteiger partial charge in [-0.05, 0) is 46.1 Å². The van der Waals surface area contributed by atoms with Crippen LogP contribution in [-0.2, 0) is 20.9 Å². The van der Waals surface area contributed by atoms with Gasteiger partial charge in [0.1, 0.15) is 17.9 Å². The van der Waals surface area contributed by atoms with Crippen molar-refractivity contribution in [2.24, 2.45) is 5.92 Å². The van der Waals surface area contributed by atoms with Crippen molar-refractivity contribution in [2.45, 2.75) is 72.2 Å². The second-order valence-corrected chi connectivity index (χ2v) is 10.0. The van der Waals surface area contributed by atoms with Gasteiger partial charge in [-0.3, -0.25) is 9.69 Å². The number of piperazine rings is 1. The third-order valence-corrected chi connectivity index (χ3v) is 5.54. The van der Waals surface area contributed by atoms with Crippen LogP contribution in [0.1, 0.15) is 52.7 Å². The Bertz CT molecular complexity index is 785. The summed E-state index contributed by atoms with van der Waals surface area (Å²) in [5.41, 5.74) is 0.873. The van der Waals surface area contributed by atoms with Gasteiger partial charge in [-0.1, -0.05) is 43.7 Å². The Labute approximate surface area is 186 Å². The number of benzene rings is 1. The summed E-state index contributed by atoms with van der Waals surface area (Å²) >= 11 is 0. The van der Waals surface area contributed by atoms with Crippen LogP contribution in [-0.4, -0.2) is 64.9 Å². The van der Waals surface area contributed by atoms with Gasteiger partial charge in [-0.15, -0.1) is 0 Å². The highest BCUT2D eigenvalue weighted by atomic mass is 16.6. The van der Waals surface area contributed by atoms with Gasteiger partial charge in [-0.2, -0.15) is 0 Å². The smallest absolute Gasteiger partial charge is 0.408 e. The highest BCUT2D eigenvalue weighted by Crippen LogP contribution is 2.24. The normalized spacial score (nSPS) is 21.0. The molecule has 2 rings (SSSR count). The first-order valence-corrected chi connectivity index (χ1v) is 10.9. The number of carbonyl (C=O) groups excluding carboxylic acids is 3. The lowest BCUT2D eigenvalue weighted by Gasteiger charge is -2.47. The predicted molar refractivity (Wildman–Crippen MR) is 121 cm³/mol. The SMILES string of the molecule is Cc1ccc(CN2CCN(C(=O)C(NC(=O)OC(C)(C)C)C(C)C)C[C@]2(C)C=O)cc1.